The number of rotatable bonds is 13. The number of guanidine groups is 1. The van der Waals surface area contributed by atoms with Crippen molar-refractivity contribution in [2.24, 2.45) is 22.2 Å². The van der Waals surface area contributed by atoms with Crippen LogP contribution in [0.1, 0.15) is 25.3 Å². The zero-order chi connectivity index (χ0) is 25.0. The standard InChI is InChI=1S/C20H31N7O6/c1-11(19(32)33)26-16(29)10-25-18(31)15(3-2-8-24-20(22)23)27-17(30)14(21)9-12-4-6-13(28)7-5-12/h4-7,11,14-15,28H,2-3,8-10,21H2,1H3,(H,25,31)(H,26,29)(H,27,30)(H,32,33)(H4,22,23,24). The highest BCUT2D eigenvalue weighted by Crippen LogP contribution is 2.11. The lowest BCUT2D eigenvalue weighted by molar-refractivity contribution is -0.141. The van der Waals surface area contributed by atoms with Crippen molar-refractivity contribution in [2.75, 3.05) is 13.1 Å². The minimum absolute atomic E-state index is 0.0797. The molecule has 0 aromatic heterocycles. The van der Waals surface area contributed by atoms with E-state index in [4.69, 9.17) is 22.3 Å². The third-order valence-electron chi connectivity index (χ3n) is 4.48. The number of amides is 3. The molecule has 0 saturated carbocycles. The first kappa shape index (κ1) is 27.2. The Morgan fingerprint density at radius 1 is 1.06 bits per heavy atom. The lowest BCUT2D eigenvalue weighted by atomic mass is 10.0. The number of carboxylic acids is 1. The van der Waals surface area contributed by atoms with Crippen molar-refractivity contribution in [1.29, 1.82) is 0 Å². The second-order valence-electron chi connectivity index (χ2n) is 7.33. The van der Waals surface area contributed by atoms with Gasteiger partial charge in [-0.1, -0.05) is 12.1 Å². The van der Waals surface area contributed by atoms with E-state index in [9.17, 15) is 24.3 Å². The van der Waals surface area contributed by atoms with E-state index in [1.165, 1.54) is 19.1 Å². The number of hydrogen-bond donors (Lipinski definition) is 8. The number of benzene rings is 1. The highest BCUT2D eigenvalue weighted by atomic mass is 16.4. The minimum atomic E-state index is -1.22. The van der Waals surface area contributed by atoms with Gasteiger partial charge < -0.3 is 43.4 Å². The third kappa shape index (κ3) is 10.8. The molecule has 13 heteroatoms. The van der Waals surface area contributed by atoms with Gasteiger partial charge in [-0.25, -0.2) is 0 Å². The lowest BCUT2D eigenvalue weighted by Crippen LogP contribution is -2.53. The van der Waals surface area contributed by atoms with E-state index in [0.29, 0.717) is 12.0 Å². The molecule has 3 unspecified atom stereocenters. The Kier molecular flexibility index (Phi) is 11.1. The van der Waals surface area contributed by atoms with E-state index in [1.54, 1.807) is 12.1 Å². The summed E-state index contributed by atoms with van der Waals surface area (Å²) in [6.45, 7) is 1.03. The van der Waals surface area contributed by atoms with Crippen molar-refractivity contribution in [1.82, 2.24) is 16.0 Å². The highest BCUT2D eigenvalue weighted by molar-refractivity contribution is 5.92. The molecule has 1 aromatic rings. The van der Waals surface area contributed by atoms with Gasteiger partial charge in [-0.15, -0.1) is 0 Å². The average Bonchev–Trinajstić information content (AvgIpc) is 2.75. The first-order valence-electron chi connectivity index (χ1n) is 10.2. The molecule has 0 bridgehead atoms. The molecule has 33 heavy (non-hydrogen) atoms. The summed E-state index contributed by atoms with van der Waals surface area (Å²) in [7, 11) is 0. The Hall–Kier alpha value is -3.87. The maximum absolute atomic E-state index is 12.6. The Bertz CT molecular complexity index is 855. The molecule has 3 atom stereocenters. The number of aromatic hydroxyl groups is 1. The second kappa shape index (κ2) is 13.5. The molecule has 1 aromatic carbocycles. The average molecular weight is 466 g/mol. The number of carbonyl (C=O) groups is 4. The molecule has 0 spiro atoms. The smallest absolute Gasteiger partial charge is 0.325 e. The van der Waals surface area contributed by atoms with Gasteiger partial charge >= 0.3 is 5.97 Å². The number of nitrogens with zero attached hydrogens (tertiary/aromatic N) is 1. The number of carboxylic acid groups (broad SMARTS) is 1. The van der Waals surface area contributed by atoms with Crippen molar-refractivity contribution in [2.45, 2.75) is 44.3 Å². The van der Waals surface area contributed by atoms with E-state index in [1.807, 2.05) is 0 Å². The summed E-state index contributed by atoms with van der Waals surface area (Å²) in [5.74, 6) is -3.19. The summed E-state index contributed by atoms with van der Waals surface area (Å²) in [6.07, 6.45) is 0.684. The van der Waals surface area contributed by atoms with Crippen LogP contribution in [0.4, 0.5) is 0 Å². The first-order valence-corrected chi connectivity index (χ1v) is 10.2. The number of aliphatic carboxylic acids is 1. The van der Waals surface area contributed by atoms with Crippen LogP contribution in [0.3, 0.4) is 0 Å². The van der Waals surface area contributed by atoms with Crippen LogP contribution < -0.4 is 33.2 Å². The second-order valence-corrected chi connectivity index (χ2v) is 7.33. The number of phenols is 1. The Labute approximate surface area is 190 Å². The van der Waals surface area contributed by atoms with Crippen molar-refractivity contribution in [3.8, 4) is 5.75 Å². The SMILES string of the molecule is CC(NC(=O)CNC(=O)C(CCCN=C(N)N)NC(=O)C(N)Cc1ccc(O)cc1)C(=O)O. The van der Waals surface area contributed by atoms with Crippen molar-refractivity contribution < 1.29 is 29.4 Å². The molecule has 3 amide bonds. The number of hydrogen-bond acceptors (Lipinski definition) is 7. The number of phenolic OH excluding ortho intramolecular Hbond substituents is 1. The fraction of sp³-hybridized carbons (Fsp3) is 0.450. The Morgan fingerprint density at radius 2 is 1.70 bits per heavy atom. The monoisotopic (exact) mass is 465 g/mol. The van der Waals surface area contributed by atoms with E-state index in [-0.39, 0.29) is 31.1 Å². The number of aliphatic imine (C=N–C) groups is 1. The van der Waals surface area contributed by atoms with Crippen molar-refractivity contribution in [3.63, 3.8) is 0 Å². The van der Waals surface area contributed by atoms with Gasteiger partial charge in [0.05, 0.1) is 12.6 Å². The topological polar surface area (TPSA) is 235 Å². The predicted molar refractivity (Wildman–Crippen MR) is 120 cm³/mol. The van der Waals surface area contributed by atoms with Crippen LogP contribution in [-0.2, 0) is 25.6 Å². The summed E-state index contributed by atoms with van der Waals surface area (Å²) in [4.78, 5) is 51.6. The molecular weight excluding hydrogens is 434 g/mol. The highest BCUT2D eigenvalue weighted by Gasteiger charge is 2.24. The van der Waals surface area contributed by atoms with Crippen LogP contribution in [0.5, 0.6) is 5.75 Å². The van der Waals surface area contributed by atoms with E-state index < -0.39 is 48.4 Å². The van der Waals surface area contributed by atoms with Gasteiger partial charge in [-0.05, 0) is 43.9 Å². The molecule has 11 N–H and O–H groups in total. The van der Waals surface area contributed by atoms with Gasteiger partial charge in [-0.2, -0.15) is 0 Å². The first-order chi connectivity index (χ1) is 15.5. The number of nitrogens with one attached hydrogen (secondary N) is 3. The van der Waals surface area contributed by atoms with E-state index >= 15 is 0 Å². The summed E-state index contributed by atoms with van der Waals surface area (Å²) in [5.41, 5.74) is 17.2. The fourth-order valence-corrected chi connectivity index (χ4v) is 2.67. The normalized spacial score (nSPS) is 13.2. The summed E-state index contributed by atoms with van der Waals surface area (Å²) in [6, 6.07) is 3.07. The zero-order valence-electron chi connectivity index (χ0n) is 18.3. The summed E-state index contributed by atoms with van der Waals surface area (Å²) >= 11 is 0. The van der Waals surface area contributed by atoms with Crippen LogP contribution >= 0.6 is 0 Å². The molecular formula is C20H31N7O6. The molecule has 0 aliphatic carbocycles. The minimum Gasteiger partial charge on any atom is -0.508 e. The van der Waals surface area contributed by atoms with Gasteiger partial charge in [-0.3, -0.25) is 24.2 Å². The quantitative estimate of drug-likeness (QED) is 0.0872. The van der Waals surface area contributed by atoms with Gasteiger partial charge in [0.1, 0.15) is 17.8 Å². The van der Waals surface area contributed by atoms with Crippen LogP contribution in [0.25, 0.3) is 0 Å². The molecule has 0 fully saturated rings. The van der Waals surface area contributed by atoms with Gasteiger partial charge in [0, 0.05) is 6.54 Å². The zero-order valence-corrected chi connectivity index (χ0v) is 18.3. The number of carbonyl (C=O) groups excluding carboxylic acids is 3. The molecule has 0 aliphatic heterocycles. The molecule has 0 saturated heterocycles. The number of nitrogens with two attached hydrogens (primary N) is 3. The third-order valence-corrected chi connectivity index (χ3v) is 4.48. The maximum Gasteiger partial charge on any atom is 0.325 e. The largest absolute Gasteiger partial charge is 0.508 e. The lowest BCUT2D eigenvalue weighted by Gasteiger charge is -2.21. The van der Waals surface area contributed by atoms with E-state index in [2.05, 4.69) is 20.9 Å². The fourth-order valence-electron chi connectivity index (χ4n) is 2.67. The van der Waals surface area contributed by atoms with Gasteiger partial charge in [0.15, 0.2) is 5.96 Å². The summed E-state index contributed by atoms with van der Waals surface area (Å²) < 4.78 is 0. The molecule has 0 heterocycles. The van der Waals surface area contributed by atoms with Crippen LogP contribution in [-0.4, -0.2) is 71.1 Å². The van der Waals surface area contributed by atoms with Crippen LogP contribution in [0.15, 0.2) is 29.3 Å². The molecule has 0 aliphatic rings. The van der Waals surface area contributed by atoms with E-state index in [0.717, 1.165) is 0 Å². The van der Waals surface area contributed by atoms with Crippen molar-refractivity contribution in [3.05, 3.63) is 29.8 Å². The molecule has 0 radical (unpaired) electrons. The van der Waals surface area contributed by atoms with Gasteiger partial charge in [0.2, 0.25) is 17.7 Å². The predicted octanol–water partition coefficient (Wildman–Crippen LogP) is -2.49. The van der Waals surface area contributed by atoms with Gasteiger partial charge in [0.25, 0.3) is 0 Å². The van der Waals surface area contributed by atoms with Crippen LogP contribution in [0.2, 0.25) is 0 Å². The molecule has 13 nitrogen and oxygen atoms in total. The van der Waals surface area contributed by atoms with Crippen molar-refractivity contribution >= 4 is 29.7 Å². The maximum atomic E-state index is 12.6. The molecule has 1 rings (SSSR count). The Balaban J connectivity index is 2.72. The summed E-state index contributed by atoms with van der Waals surface area (Å²) in [5, 5.41) is 25.3. The van der Waals surface area contributed by atoms with Crippen LogP contribution in [0, 0.1) is 0 Å². The molecule has 182 valence electrons. The Morgan fingerprint density at radius 3 is 2.27 bits per heavy atom.